The molecule has 1 unspecified atom stereocenters. The molecule has 4 aromatic rings. The van der Waals surface area contributed by atoms with Crippen LogP contribution in [-0.2, 0) is 14.8 Å². The lowest BCUT2D eigenvalue weighted by Gasteiger charge is -2.11. The van der Waals surface area contributed by atoms with Crippen LogP contribution >= 0.6 is 23.1 Å². The number of thioether (sulfide) groups is 1. The van der Waals surface area contributed by atoms with Crippen molar-refractivity contribution in [3.05, 3.63) is 53.5 Å². The Morgan fingerprint density at radius 3 is 2.55 bits per heavy atom. The standard InChI is InChI=1S/C19H17N5O4S3/c1-11(29-19-21-15-5-3-4-6-16(15)28-19)17(25)20-13-7-9-14(10-8-13)31(26,27)24-18-23-22-12(2)30-18/h3-11H,1-2H3,(H,20,25)(H,23,24). The lowest BCUT2D eigenvalue weighted by molar-refractivity contribution is -0.115. The highest BCUT2D eigenvalue weighted by molar-refractivity contribution is 8.00. The summed E-state index contributed by atoms with van der Waals surface area (Å²) >= 11 is 2.34. The number of hydrogen-bond donors (Lipinski definition) is 2. The Morgan fingerprint density at radius 2 is 1.87 bits per heavy atom. The van der Waals surface area contributed by atoms with Gasteiger partial charge in [0.1, 0.15) is 10.5 Å². The molecule has 9 nitrogen and oxygen atoms in total. The predicted octanol–water partition coefficient (Wildman–Crippen LogP) is 3.91. The average Bonchev–Trinajstić information content (AvgIpc) is 3.32. The first-order chi connectivity index (χ1) is 14.8. The predicted molar refractivity (Wildman–Crippen MR) is 120 cm³/mol. The fraction of sp³-hybridized carbons (Fsp3) is 0.158. The normalized spacial score (nSPS) is 12.6. The number of sulfonamides is 1. The molecule has 2 aromatic heterocycles. The molecule has 0 spiro atoms. The molecular weight excluding hydrogens is 458 g/mol. The third-order valence-electron chi connectivity index (χ3n) is 4.10. The van der Waals surface area contributed by atoms with Crippen molar-refractivity contribution in [2.45, 2.75) is 29.2 Å². The molecule has 0 bridgehead atoms. The molecule has 0 saturated carbocycles. The van der Waals surface area contributed by atoms with Gasteiger partial charge in [-0.25, -0.2) is 13.4 Å². The van der Waals surface area contributed by atoms with Crippen molar-refractivity contribution in [1.82, 2.24) is 15.2 Å². The highest BCUT2D eigenvalue weighted by atomic mass is 32.2. The van der Waals surface area contributed by atoms with Gasteiger partial charge in [-0.1, -0.05) is 35.2 Å². The summed E-state index contributed by atoms with van der Waals surface area (Å²) in [5.74, 6) is -0.259. The maximum Gasteiger partial charge on any atom is 0.263 e. The second-order valence-corrected chi connectivity index (χ2v) is 10.6. The number of rotatable bonds is 7. The number of nitrogens with one attached hydrogen (secondary N) is 2. The third kappa shape index (κ3) is 5.03. The number of anilines is 2. The fourth-order valence-corrected chi connectivity index (χ4v) is 5.16. The minimum Gasteiger partial charge on any atom is -0.431 e. The first-order valence-corrected chi connectivity index (χ1v) is 12.2. The highest BCUT2D eigenvalue weighted by Gasteiger charge is 2.20. The van der Waals surface area contributed by atoms with Crippen molar-refractivity contribution < 1.29 is 17.6 Å². The number of carbonyl (C=O) groups is 1. The van der Waals surface area contributed by atoms with Crippen molar-refractivity contribution in [2.24, 2.45) is 0 Å². The number of aromatic nitrogens is 3. The van der Waals surface area contributed by atoms with Crippen LogP contribution in [0, 0.1) is 6.92 Å². The number of benzene rings is 2. The van der Waals surface area contributed by atoms with E-state index in [-0.39, 0.29) is 15.9 Å². The highest BCUT2D eigenvalue weighted by Crippen LogP contribution is 2.27. The van der Waals surface area contributed by atoms with Gasteiger partial charge in [-0.2, -0.15) is 0 Å². The number of amides is 1. The van der Waals surface area contributed by atoms with E-state index in [1.165, 1.54) is 36.0 Å². The first kappa shape index (κ1) is 21.3. The Bertz CT molecular complexity index is 1300. The van der Waals surface area contributed by atoms with E-state index < -0.39 is 15.3 Å². The minimum atomic E-state index is -3.79. The summed E-state index contributed by atoms with van der Waals surface area (Å²) in [5.41, 5.74) is 1.86. The summed E-state index contributed by atoms with van der Waals surface area (Å²) in [7, 11) is -3.79. The van der Waals surface area contributed by atoms with Crippen LogP contribution in [0.25, 0.3) is 11.1 Å². The number of aryl methyl sites for hydroxylation is 1. The molecule has 2 heterocycles. The third-order valence-corrected chi connectivity index (χ3v) is 7.28. The fourth-order valence-electron chi connectivity index (χ4n) is 2.58. The zero-order valence-corrected chi connectivity index (χ0v) is 18.8. The monoisotopic (exact) mass is 475 g/mol. The summed E-state index contributed by atoms with van der Waals surface area (Å²) in [5, 5.41) is 11.1. The molecule has 0 fully saturated rings. The van der Waals surface area contributed by atoms with E-state index in [1.807, 2.05) is 24.3 Å². The molecule has 31 heavy (non-hydrogen) atoms. The van der Waals surface area contributed by atoms with Crippen molar-refractivity contribution >= 4 is 60.9 Å². The van der Waals surface area contributed by atoms with E-state index in [1.54, 1.807) is 13.8 Å². The molecule has 0 aliphatic carbocycles. The van der Waals surface area contributed by atoms with Crippen LogP contribution in [0.5, 0.6) is 0 Å². The van der Waals surface area contributed by atoms with Crippen molar-refractivity contribution in [1.29, 1.82) is 0 Å². The van der Waals surface area contributed by atoms with Gasteiger partial charge in [0.2, 0.25) is 11.0 Å². The second-order valence-electron chi connectivity index (χ2n) is 6.45. The Morgan fingerprint density at radius 1 is 1.13 bits per heavy atom. The van der Waals surface area contributed by atoms with Crippen LogP contribution < -0.4 is 10.0 Å². The van der Waals surface area contributed by atoms with E-state index in [9.17, 15) is 13.2 Å². The van der Waals surface area contributed by atoms with Gasteiger partial charge < -0.3 is 9.73 Å². The van der Waals surface area contributed by atoms with Crippen molar-refractivity contribution in [3.8, 4) is 0 Å². The van der Waals surface area contributed by atoms with Crippen molar-refractivity contribution in [2.75, 3.05) is 10.0 Å². The Labute approximate surface area is 186 Å². The molecule has 1 atom stereocenters. The molecule has 0 aliphatic heterocycles. The Hall–Kier alpha value is -2.96. The molecule has 1 amide bonds. The molecule has 0 radical (unpaired) electrons. The van der Waals surface area contributed by atoms with Gasteiger partial charge in [0.05, 0.1) is 10.1 Å². The molecule has 12 heteroatoms. The van der Waals surface area contributed by atoms with Crippen LogP contribution in [0.4, 0.5) is 10.8 Å². The maximum absolute atomic E-state index is 12.5. The lowest BCUT2D eigenvalue weighted by atomic mass is 10.3. The van der Waals surface area contributed by atoms with E-state index in [4.69, 9.17) is 4.42 Å². The smallest absolute Gasteiger partial charge is 0.263 e. The van der Waals surface area contributed by atoms with Gasteiger partial charge in [0.25, 0.3) is 15.2 Å². The lowest BCUT2D eigenvalue weighted by Crippen LogP contribution is -2.22. The SMILES string of the molecule is Cc1nnc(NS(=O)(=O)c2ccc(NC(=O)C(C)Sc3nc4ccccc4o3)cc2)s1. The summed E-state index contributed by atoms with van der Waals surface area (Å²) in [4.78, 5) is 16.9. The second kappa shape index (κ2) is 8.65. The molecule has 4 rings (SSSR count). The molecular formula is C19H17N5O4S3. The quantitative estimate of drug-likeness (QED) is 0.385. The number of carbonyl (C=O) groups excluding carboxylic acids is 1. The summed E-state index contributed by atoms with van der Waals surface area (Å²) in [6.45, 7) is 3.47. The van der Waals surface area contributed by atoms with Gasteiger partial charge in [-0.05, 0) is 50.2 Å². The van der Waals surface area contributed by atoms with Crippen LogP contribution in [0.15, 0.2) is 63.1 Å². The van der Waals surface area contributed by atoms with Crippen LogP contribution in [0.1, 0.15) is 11.9 Å². The number of hydrogen-bond acceptors (Lipinski definition) is 9. The van der Waals surface area contributed by atoms with Gasteiger partial charge in [0, 0.05) is 5.69 Å². The number of nitrogens with zero attached hydrogens (tertiary/aromatic N) is 3. The van der Waals surface area contributed by atoms with Gasteiger partial charge in [-0.3, -0.25) is 9.52 Å². The maximum atomic E-state index is 12.5. The molecule has 160 valence electrons. The van der Waals surface area contributed by atoms with E-state index in [0.717, 1.165) is 16.9 Å². The number of para-hydroxylation sites is 2. The molecule has 0 saturated heterocycles. The minimum absolute atomic E-state index is 0.0484. The van der Waals surface area contributed by atoms with Crippen molar-refractivity contribution in [3.63, 3.8) is 0 Å². The molecule has 0 aliphatic rings. The summed E-state index contributed by atoms with van der Waals surface area (Å²) in [6.07, 6.45) is 0. The van der Waals surface area contributed by atoms with E-state index >= 15 is 0 Å². The topological polar surface area (TPSA) is 127 Å². The van der Waals surface area contributed by atoms with E-state index in [0.29, 0.717) is 21.5 Å². The van der Waals surface area contributed by atoms with Crippen LogP contribution in [-0.4, -0.2) is 34.8 Å². The zero-order chi connectivity index (χ0) is 22.0. The first-order valence-electron chi connectivity index (χ1n) is 9.06. The van der Waals surface area contributed by atoms with E-state index in [2.05, 4.69) is 25.2 Å². The number of oxazole rings is 1. The number of fused-ring (bicyclic) bond motifs is 1. The van der Waals surface area contributed by atoms with Crippen LogP contribution in [0.2, 0.25) is 0 Å². The largest absolute Gasteiger partial charge is 0.431 e. The Kier molecular flexibility index (Phi) is 5.94. The molecule has 2 aromatic carbocycles. The Balaban J connectivity index is 1.39. The van der Waals surface area contributed by atoms with Gasteiger partial charge >= 0.3 is 0 Å². The van der Waals surface area contributed by atoms with Gasteiger partial charge in [0.15, 0.2) is 5.58 Å². The zero-order valence-electron chi connectivity index (χ0n) is 16.4. The average molecular weight is 476 g/mol. The van der Waals surface area contributed by atoms with Crippen LogP contribution in [0.3, 0.4) is 0 Å². The molecule has 2 N–H and O–H groups in total. The summed E-state index contributed by atoms with van der Waals surface area (Å²) < 4.78 is 32.9. The van der Waals surface area contributed by atoms with Gasteiger partial charge in [-0.15, -0.1) is 10.2 Å². The summed E-state index contributed by atoms with van der Waals surface area (Å²) in [6, 6.07) is 13.2.